The summed E-state index contributed by atoms with van der Waals surface area (Å²) in [5.41, 5.74) is 1.85. The molecule has 1 unspecified atom stereocenters. The fourth-order valence-corrected chi connectivity index (χ4v) is 1.91. The van der Waals surface area contributed by atoms with Crippen molar-refractivity contribution >= 4 is 0 Å². The molecule has 2 aromatic heterocycles. The van der Waals surface area contributed by atoms with Crippen molar-refractivity contribution in [3.05, 3.63) is 47.8 Å². The van der Waals surface area contributed by atoms with E-state index in [-0.39, 0.29) is 0 Å². The van der Waals surface area contributed by atoms with Gasteiger partial charge < -0.3 is 9.67 Å². The Morgan fingerprint density at radius 3 is 2.82 bits per heavy atom. The normalized spacial score (nSPS) is 12.6. The van der Waals surface area contributed by atoms with E-state index < -0.39 is 6.10 Å². The molecule has 0 saturated carbocycles. The van der Waals surface area contributed by atoms with E-state index in [1.54, 1.807) is 12.4 Å². The molecule has 1 N–H and O–H groups in total. The number of rotatable bonds is 4. The molecule has 2 rings (SSSR count). The van der Waals surface area contributed by atoms with Crippen LogP contribution in [0.4, 0.5) is 0 Å². The topological polar surface area (TPSA) is 50.9 Å². The Morgan fingerprint density at radius 2 is 2.18 bits per heavy atom. The first-order chi connectivity index (χ1) is 8.22. The van der Waals surface area contributed by atoms with Gasteiger partial charge in [0.25, 0.3) is 0 Å². The summed E-state index contributed by atoms with van der Waals surface area (Å²) in [4.78, 5) is 8.48. The Morgan fingerprint density at radius 1 is 1.35 bits per heavy atom. The van der Waals surface area contributed by atoms with E-state index in [0.29, 0.717) is 6.42 Å². The van der Waals surface area contributed by atoms with Gasteiger partial charge >= 0.3 is 0 Å². The minimum Gasteiger partial charge on any atom is -0.386 e. The number of hydrogen-bond donors (Lipinski definition) is 1. The van der Waals surface area contributed by atoms with Crippen molar-refractivity contribution in [2.75, 3.05) is 0 Å². The summed E-state index contributed by atoms with van der Waals surface area (Å²) < 4.78 is 1.91. The second kappa shape index (κ2) is 5.10. The quantitative estimate of drug-likeness (QED) is 0.870. The van der Waals surface area contributed by atoms with Gasteiger partial charge in [-0.05, 0) is 18.1 Å². The number of aliphatic hydroxyl groups excluding tert-OH is 1. The molecule has 0 aliphatic carbocycles. The maximum absolute atomic E-state index is 10.2. The number of aryl methyl sites for hydroxylation is 2. The summed E-state index contributed by atoms with van der Waals surface area (Å²) in [7, 11) is 1.92. The Balaban J connectivity index is 2.20. The molecule has 0 bridgehead atoms. The lowest BCUT2D eigenvalue weighted by atomic mass is 10.0. The molecule has 2 aromatic rings. The van der Waals surface area contributed by atoms with Gasteiger partial charge in [0.15, 0.2) is 0 Å². The van der Waals surface area contributed by atoms with Crippen LogP contribution in [0, 0.1) is 0 Å². The van der Waals surface area contributed by atoms with E-state index in [1.807, 2.05) is 29.9 Å². The van der Waals surface area contributed by atoms with Gasteiger partial charge in [-0.2, -0.15) is 0 Å². The molecule has 0 aliphatic heterocycles. The van der Waals surface area contributed by atoms with E-state index in [1.165, 1.54) is 0 Å². The van der Waals surface area contributed by atoms with Gasteiger partial charge in [-0.1, -0.05) is 13.0 Å². The summed E-state index contributed by atoms with van der Waals surface area (Å²) in [5, 5.41) is 10.2. The van der Waals surface area contributed by atoms with Gasteiger partial charge in [-0.15, -0.1) is 0 Å². The lowest BCUT2D eigenvalue weighted by Crippen LogP contribution is -2.10. The van der Waals surface area contributed by atoms with Crippen LogP contribution in [-0.2, 0) is 19.9 Å². The van der Waals surface area contributed by atoms with Crippen LogP contribution in [0.25, 0.3) is 0 Å². The summed E-state index contributed by atoms with van der Waals surface area (Å²) in [6.07, 6.45) is 6.11. The summed E-state index contributed by atoms with van der Waals surface area (Å²) >= 11 is 0. The van der Waals surface area contributed by atoms with Crippen LogP contribution in [0.15, 0.2) is 30.7 Å². The molecule has 0 spiro atoms. The fraction of sp³-hybridized carbons (Fsp3) is 0.385. The molecular weight excluding hydrogens is 214 g/mol. The first kappa shape index (κ1) is 11.8. The average molecular weight is 231 g/mol. The number of hydrogen-bond acceptors (Lipinski definition) is 3. The molecule has 4 heteroatoms. The molecule has 2 heterocycles. The van der Waals surface area contributed by atoms with Gasteiger partial charge in [0.2, 0.25) is 0 Å². The average Bonchev–Trinajstić information content (AvgIpc) is 2.75. The third-order valence-corrected chi connectivity index (χ3v) is 2.92. The maximum atomic E-state index is 10.2. The molecule has 17 heavy (non-hydrogen) atoms. The molecule has 4 nitrogen and oxygen atoms in total. The van der Waals surface area contributed by atoms with Crippen LogP contribution >= 0.6 is 0 Å². The standard InChI is InChI=1S/C13H17N3O/c1-3-10-5-4-6-15-13(10)11(17)9-12-14-7-8-16(12)2/h4-8,11,17H,3,9H2,1-2H3. The summed E-state index contributed by atoms with van der Waals surface area (Å²) in [5.74, 6) is 0.866. The third-order valence-electron chi connectivity index (χ3n) is 2.92. The highest BCUT2D eigenvalue weighted by molar-refractivity contribution is 5.22. The lowest BCUT2D eigenvalue weighted by Gasteiger charge is -2.13. The van der Waals surface area contributed by atoms with Crippen LogP contribution in [-0.4, -0.2) is 19.6 Å². The number of pyridine rings is 1. The zero-order valence-corrected chi connectivity index (χ0v) is 10.2. The van der Waals surface area contributed by atoms with Crippen LogP contribution in [0.3, 0.4) is 0 Å². The largest absolute Gasteiger partial charge is 0.386 e. The van der Waals surface area contributed by atoms with Gasteiger partial charge in [0.1, 0.15) is 11.9 Å². The number of nitrogens with zero attached hydrogens (tertiary/aromatic N) is 3. The van der Waals surface area contributed by atoms with Crippen LogP contribution < -0.4 is 0 Å². The van der Waals surface area contributed by atoms with Gasteiger partial charge in [0.05, 0.1) is 5.69 Å². The Hall–Kier alpha value is -1.68. The van der Waals surface area contributed by atoms with Gasteiger partial charge in [0, 0.05) is 32.1 Å². The maximum Gasteiger partial charge on any atom is 0.111 e. The van der Waals surface area contributed by atoms with E-state index in [9.17, 15) is 5.11 Å². The molecule has 0 radical (unpaired) electrons. The minimum atomic E-state index is -0.591. The van der Waals surface area contributed by atoms with E-state index in [0.717, 1.165) is 23.5 Å². The van der Waals surface area contributed by atoms with Crippen molar-refractivity contribution in [3.63, 3.8) is 0 Å². The predicted octanol–water partition coefficient (Wildman–Crippen LogP) is 1.65. The van der Waals surface area contributed by atoms with Crippen molar-refractivity contribution < 1.29 is 5.11 Å². The van der Waals surface area contributed by atoms with Crippen molar-refractivity contribution in [3.8, 4) is 0 Å². The first-order valence-corrected chi connectivity index (χ1v) is 5.80. The Labute approximate surface area is 101 Å². The summed E-state index contributed by atoms with van der Waals surface area (Å²) in [6.45, 7) is 2.06. The van der Waals surface area contributed by atoms with Crippen molar-refractivity contribution in [2.45, 2.75) is 25.9 Å². The number of aromatic nitrogens is 3. The highest BCUT2D eigenvalue weighted by Crippen LogP contribution is 2.19. The van der Waals surface area contributed by atoms with Crippen LogP contribution in [0.2, 0.25) is 0 Å². The van der Waals surface area contributed by atoms with Crippen molar-refractivity contribution in [1.29, 1.82) is 0 Å². The second-order valence-corrected chi connectivity index (χ2v) is 4.08. The van der Waals surface area contributed by atoms with Gasteiger partial charge in [-0.25, -0.2) is 4.98 Å². The van der Waals surface area contributed by atoms with Crippen LogP contribution in [0.5, 0.6) is 0 Å². The smallest absolute Gasteiger partial charge is 0.111 e. The highest BCUT2D eigenvalue weighted by Gasteiger charge is 2.15. The highest BCUT2D eigenvalue weighted by atomic mass is 16.3. The van der Waals surface area contributed by atoms with E-state index in [4.69, 9.17) is 0 Å². The molecule has 90 valence electrons. The van der Waals surface area contributed by atoms with Crippen molar-refractivity contribution in [2.24, 2.45) is 7.05 Å². The molecule has 0 saturated heterocycles. The molecular formula is C13H17N3O. The number of aliphatic hydroxyl groups is 1. The summed E-state index contributed by atoms with van der Waals surface area (Å²) in [6, 6.07) is 3.90. The molecule has 0 amide bonds. The minimum absolute atomic E-state index is 0.494. The Kier molecular flexibility index (Phi) is 3.54. The second-order valence-electron chi connectivity index (χ2n) is 4.08. The third kappa shape index (κ3) is 2.53. The number of imidazole rings is 1. The molecule has 1 atom stereocenters. The Bertz CT molecular complexity index is 493. The predicted molar refractivity (Wildman–Crippen MR) is 65.5 cm³/mol. The molecule has 0 aromatic carbocycles. The zero-order valence-electron chi connectivity index (χ0n) is 10.2. The van der Waals surface area contributed by atoms with E-state index in [2.05, 4.69) is 16.9 Å². The lowest BCUT2D eigenvalue weighted by molar-refractivity contribution is 0.169. The first-order valence-electron chi connectivity index (χ1n) is 5.80. The van der Waals surface area contributed by atoms with Crippen LogP contribution in [0.1, 0.15) is 30.1 Å². The fourth-order valence-electron chi connectivity index (χ4n) is 1.91. The van der Waals surface area contributed by atoms with Crippen molar-refractivity contribution in [1.82, 2.24) is 14.5 Å². The SMILES string of the molecule is CCc1cccnc1C(O)Cc1nccn1C. The molecule has 0 fully saturated rings. The molecule has 0 aliphatic rings. The van der Waals surface area contributed by atoms with Gasteiger partial charge in [-0.3, -0.25) is 4.98 Å². The zero-order chi connectivity index (χ0) is 12.3. The monoisotopic (exact) mass is 231 g/mol. The van der Waals surface area contributed by atoms with E-state index >= 15 is 0 Å².